The Labute approximate surface area is 219 Å². The molecule has 208 valence electrons. The van der Waals surface area contributed by atoms with Gasteiger partial charge in [-0.15, -0.1) is 0 Å². The van der Waals surface area contributed by atoms with Crippen molar-refractivity contribution in [2.24, 2.45) is 0 Å². The van der Waals surface area contributed by atoms with Gasteiger partial charge in [-0.1, -0.05) is 12.1 Å². The number of rotatable bonds is 4. The van der Waals surface area contributed by atoms with Crippen molar-refractivity contribution in [2.45, 2.75) is 65.0 Å². The molecule has 2 saturated heterocycles. The SMILES string of the molecule is Cc1ccc(O[C@H]2CCNC[C@H]2O)cc1C.Cc1ccc(O[C@H]2CCNC[C@H]2O)cc1C.O=S(=O)(O)O. The summed E-state index contributed by atoms with van der Waals surface area (Å²) in [6, 6.07) is 12.1. The summed E-state index contributed by atoms with van der Waals surface area (Å²) in [5.74, 6) is 1.71. The average molecular weight is 541 g/mol. The molecule has 0 saturated carbocycles. The third-order valence-electron chi connectivity index (χ3n) is 6.31. The van der Waals surface area contributed by atoms with Gasteiger partial charge in [0, 0.05) is 13.1 Å². The summed E-state index contributed by atoms with van der Waals surface area (Å²) < 4.78 is 43.2. The highest BCUT2D eigenvalue weighted by Crippen LogP contribution is 2.21. The van der Waals surface area contributed by atoms with Gasteiger partial charge in [-0.25, -0.2) is 0 Å². The zero-order valence-corrected chi connectivity index (χ0v) is 22.7. The molecule has 2 aliphatic rings. The van der Waals surface area contributed by atoms with Gasteiger partial charge in [0.1, 0.15) is 35.9 Å². The average Bonchev–Trinajstić information content (AvgIpc) is 2.81. The fourth-order valence-electron chi connectivity index (χ4n) is 3.84. The van der Waals surface area contributed by atoms with Gasteiger partial charge in [-0.3, -0.25) is 9.11 Å². The van der Waals surface area contributed by atoms with E-state index in [1.807, 2.05) is 24.3 Å². The van der Waals surface area contributed by atoms with Gasteiger partial charge < -0.3 is 30.3 Å². The summed E-state index contributed by atoms with van der Waals surface area (Å²) in [4.78, 5) is 0. The third-order valence-corrected chi connectivity index (χ3v) is 6.31. The van der Waals surface area contributed by atoms with Gasteiger partial charge in [-0.05, 0) is 100 Å². The lowest BCUT2D eigenvalue weighted by molar-refractivity contribution is 0.0162. The summed E-state index contributed by atoms with van der Waals surface area (Å²) in [5.41, 5.74) is 4.97. The molecule has 0 bridgehead atoms. The molecule has 2 aromatic rings. The van der Waals surface area contributed by atoms with E-state index in [0.717, 1.165) is 37.4 Å². The maximum Gasteiger partial charge on any atom is 0.394 e. The summed E-state index contributed by atoms with van der Waals surface area (Å²) in [5, 5.41) is 25.8. The number of β-amino-alcohol motifs (C(OH)–C–C–N with tert-alkyl or cyclic N) is 2. The number of benzene rings is 2. The molecule has 2 aromatic carbocycles. The van der Waals surface area contributed by atoms with Crippen molar-refractivity contribution in [3.63, 3.8) is 0 Å². The Hall–Kier alpha value is -2.25. The van der Waals surface area contributed by atoms with Crippen LogP contribution in [0.1, 0.15) is 35.1 Å². The van der Waals surface area contributed by atoms with Crippen LogP contribution in [0.3, 0.4) is 0 Å². The number of hydrogen-bond acceptors (Lipinski definition) is 8. The number of nitrogens with one attached hydrogen (secondary N) is 2. The van der Waals surface area contributed by atoms with Crippen molar-refractivity contribution in [3.05, 3.63) is 58.7 Å². The zero-order valence-electron chi connectivity index (χ0n) is 21.8. The lowest BCUT2D eigenvalue weighted by Crippen LogP contribution is -2.46. The van der Waals surface area contributed by atoms with Crippen LogP contribution in [0, 0.1) is 27.7 Å². The van der Waals surface area contributed by atoms with E-state index in [9.17, 15) is 10.2 Å². The molecule has 4 rings (SSSR count). The van der Waals surface area contributed by atoms with E-state index >= 15 is 0 Å². The number of ether oxygens (including phenoxy) is 2. The Balaban J connectivity index is 0.000000221. The van der Waals surface area contributed by atoms with E-state index in [1.54, 1.807) is 0 Å². The number of aliphatic hydroxyl groups excluding tert-OH is 2. The van der Waals surface area contributed by atoms with E-state index in [4.69, 9.17) is 27.0 Å². The molecular weight excluding hydrogens is 500 g/mol. The van der Waals surface area contributed by atoms with Crippen LogP contribution in [0.5, 0.6) is 11.5 Å². The Kier molecular flexibility index (Phi) is 12.2. The Morgan fingerprint density at radius 3 is 1.35 bits per heavy atom. The molecule has 0 aromatic heterocycles. The molecule has 11 heteroatoms. The van der Waals surface area contributed by atoms with Crippen LogP contribution in [0.2, 0.25) is 0 Å². The minimum atomic E-state index is -4.67. The molecule has 2 aliphatic heterocycles. The lowest BCUT2D eigenvalue weighted by atomic mass is 10.1. The molecule has 37 heavy (non-hydrogen) atoms. The largest absolute Gasteiger partial charge is 0.488 e. The van der Waals surface area contributed by atoms with Gasteiger partial charge in [-0.2, -0.15) is 8.42 Å². The van der Waals surface area contributed by atoms with Crippen molar-refractivity contribution in [3.8, 4) is 11.5 Å². The number of aryl methyl sites for hydroxylation is 4. The molecule has 6 N–H and O–H groups in total. The van der Waals surface area contributed by atoms with Crippen molar-refractivity contribution in [1.82, 2.24) is 10.6 Å². The lowest BCUT2D eigenvalue weighted by Gasteiger charge is -2.29. The molecule has 4 atom stereocenters. The molecule has 2 fully saturated rings. The molecule has 10 nitrogen and oxygen atoms in total. The predicted molar refractivity (Wildman–Crippen MR) is 142 cm³/mol. The second-order valence-electron chi connectivity index (χ2n) is 9.37. The van der Waals surface area contributed by atoms with Crippen LogP contribution < -0.4 is 20.1 Å². The Morgan fingerprint density at radius 1 is 0.703 bits per heavy atom. The van der Waals surface area contributed by atoms with Crippen LogP contribution in [0.4, 0.5) is 0 Å². The number of piperidine rings is 2. The Morgan fingerprint density at radius 2 is 1.05 bits per heavy atom. The van der Waals surface area contributed by atoms with Gasteiger partial charge >= 0.3 is 10.4 Å². The monoisotopic (exact) mass is 540 g/mol. The van der Waals surface area contributed by atoms with Crippen molar-refractivity contribution >= 4 is 10.4 Å². The summed E-state index contributed by atoms with van der Waals surface area (Å²) in [7, 11) is -4.67. The van der Waals surface area contributed by atoms with Gasteiger partial charge in [0.15, 0.2) is 0 Å². The van der Waals surface area contributed by atoms with Crippen LogP contribution in [0.15, 0.2) is 36.4 Å². The first-order valence-electron chi connectivity index (χ1n) is 12.3. The summed E-state index contributed by atoms with van der Waals surface area (Å²) in [6.07, 6.45) is 0.736. The minimum absolute atomic E-state index is 0.0802. The smallest absolute Gasteiger partial charge is 0.394 e. The van der Waals surface area contributed by atoms with Crippen LogP contribution >= 0.6 is 0 Å². The van der Waals surface area contributed by atoms with E-state index in [2.05, 4.69) is 50.5 Å². The number of hydrogen-bond donors (Lipinski definition) is 6. The second kappa shape index (κ2) is 14.6. The minimum Gasteiger partial charge on any atom is -0.488 e. The van der Waals surface area contributed by atoms with E-state index in [0.29, 0.717) is 13.1 Å². The summed E-state index contributed by atoms with van der Waals surface area (Å²) in [6.45, 7) is 11.4. The topological polar surface area (TPSA) is 158 Å². The Bertz CT molecular complexity index is 1020. The van der Waals surface area contributed by atoms with Gasteiger partial charge in [0.25, 0.3) is 0 Å². The normalized spacial score (nSPS) is 23.6. The first-order valence-corrected chi connectivity index (χ1v) is 13.7. The van der Waals surface area contributed by atoms with E-state index in [-0.39, 0.29) is 12.2 Å². The molecule has 0 aliphatic carbocycles. The maximum absolute atomic E-state index is 9.77. The molecule has 0 unspecified atom stereocenters. The first kappa shape index (κ1) is 31.0. The molecule has 0 amide bonds. The molecular formula is C26H40N2O8S. The van der Waals surface area contributed by atoms with Crippen LogP contribution in [0.25, 0.3) is 0 Å². The predicted octanol–water partition coefficient (Wildman–Crippen LogP) is 2.16. The van der Waals surface area contributed by atoms with Crippen molar-refractivity contribution < 1.29 is 37.2 Å². The fourth-order valence-corrected chi connectivity index (χ4v) is 3.84. The zero-order chi connectivity index (χ0) is 27.6. The number of aliphatic hydroxyl groups is 2. The van der Waals surface area contributed by atoms with Crippen molar-refractivity contribution in [2.75, 3.05) is 26.2 Å². The standard InChI is InChI=1S/2C13H19NO2.H2O4S/c2*1-9-3-4-11(7-10(9)2)16-13-5-6-14-8-12(13)15;1-5(2,3)4/h2*3-4,7,12-15H,5-6,8H2,1-2H3;(H2,1,2,3,4)/t2*12-,13+;/m11./s1. The maximum atomic E-state index is 9.77. The van der Waals surface area contributed by atoms with E-state index in [1.165, 1.54) is 22.3 Å². The van der Waals surface area contributed by atoms with Crippen LogP contribution in [-0.4, -0.2) is 78.3 Å². The highest BCUT2D eigenvalue weighted by atomic mass is 32.3. The third kappa shape index (κ3) is 11.8. The van der Waals surface area contributed by atoms with Gasteiger partial charge in [0.2, 0.25) is 0 Å². The fraction of sp³-hybridized carbons (Fsp3) is 0.538. The van der Waals surface area contributed by atoms with Gasteiger partial charge in [0.05, 0.1) is 0 Å². The molecule has 2 heterocycles. The quantitative estimate of drug-likeness (QED) is 0.318. The highest BCUT2D eigenvalue weighted by Gasteiger charge is 2.25. The first-order chi connectivity index (χ1) is 17.3. The van der Waals surface area contributed by atoms with Crippen molar-refractivity contribution in [1.29, 1.82) is 0 Å². The second-order valence-corrected chi connectivity index (χ2v) is 10.3. The van der Waals surface area contributed by atoms with Crippen LogP contribution in [-0.2, 0) is 10.4 Å². The molecule has 0 spiro atoms. The highest BCUT2D eigenvalue weighted by molar-refractivity contribution is 7.79. The summed E-state index contributed by atoms with van der Waals surface area (Å²) >= 11 is 0. The molecule has 0 radical (unpaired) electrons. The van der Waals surface area contributed by atoms with E-state index < -0.39 is 22.6 Å².